The second kappa shape index (κ2) is 2.28. The molecule has 3 heterocycles. The van der Waals surface area contributed by atoms with Gasteiger partial charge in [-0.05, 0) is 30.6 Å². The average molecular weight is 201 g/mol. The smallest absolute Gasteiger partial charge is 0.150 e. The normalized spacial score (nSPS) is 52.0. The van der Waals surface area contributed by atoms with E-state index in [0.717, 1.165) is 13.0 Å². The third-order valence-corrected chi connectivity index (χ3v) is 5.92. The predicted octanol–water partition coefficient (Wildman–Crippen LogP) is 0.173. The molecule has 74 valence electrons. The van der Waals surface area contributed by atoms with Crippen LogP contribution in [0.5, 0.6) is 0 Å². The fraction of sp³-hybridized carbons (Fsp3) is 1.00. The molecule has 3 nitrogen and oxygen atoms in total. The maximum absolute atomic E-state index is 11.3. The maximum Gasteiger partial charge on any atom is 0.150 e. The fourth-order valence-corrected chi connectivity index (χ4v) is 5.26. The van der Waals surface area contributed by atoms with Gasteiger partial charge in [-0.2, -0.15) is 0 Å². The summed E-state index contributed by atoms with van der Waals surface area (Å²) < 4.78 is 22.7. The molecule has 0 amide bonds. The van der Waals surface area contributed by atoms with Crippen molar-refractivity contribution in [3.8, 4) is 0 Å². The van der Waals surface area contributed by atoms with Gasteiger partial charge in [0.1, 0.15) is 0 Å². The number of nitrogens with one attached hydrogen (secondary N) is 1. The molecule has 4 aliphatic rings. The molecule has 4 heteroatoms. The van der Waals surface area contributed by atoms with E-state index in [0.29, 0.717) is 28.9 Å². The van der Waals surface area contributed by atoms with Gasteiger partial charge in [0.25, 0.3) is 0 Å². The Morgan fingerprint density at radius 2 is 2.08 bits per heavy atom. The van der Waals surface area contributed by atoms with Crippen LogP contribution in [-0.4, -0.2) is 32.5 Å². The van der Waals surface area contributed by atoms with E-state index in [2.05, 4.69) is 5.32 Å². The van der Waals surface area contributed by atoms with Gasteiger partial charge in [0.2, 0.25) is 0 Å². The van der Waals surface area contributed by atoms with Gasteiger partial charge < -0.3 is 5.32 Å². The molecule has 0 aromatic rings. The van der Waals surface area contributed by atoms with Crippen LogP contribution in [0.2, 0.25) is 0 Å². The van der Waals surface area contributed by atoms with Crippen LogP contribution in [0.25, 0.3) is 0 Å². The monoisotopic (exact) mass is 201 g/mol. The zero-order valence-corrected chi connectivity index (χ0v) is 8.44. The molecule has 4 rings (SSSR count). The van der Waals surface area contributed by atoms with Crippen molar-refractivity contribution < 1.29 is 8.42 Å². The summed E-state index contributed by atoms with van der Waals surface area (Å²) in [6, 6.07) is 0.711. The van der Waals surface area contributed by atoms with Crippen LogP contribution < -0.4 is 5.32 Å². The molecule has 3 aliphatic heterocycles. The first-order valence-corrected chi connectivity index (χ1v) is 6.86. The molecule has 4 fully saturated rings. The molecule has 3 saturated heterocycles. The highest BCUT2D eigenvalue weighted by Crippen LogP contribution is 2.54. The first kappa shape index (κ1) is 8.24. The van der Waals surface area contributed by atoms with E-state index in [1.807, 2.05) is 0 Å². The molecule has 1 saturated carbocycles. The van der Waals surface area contributed by atoms with E-state index >= 15 is 0 Å². The van der Waals surface area contributed by atoms with Gasteiger partial charge in [-0.15, -0.1) is 0 Å². The van der Waals surface area contributed by atoms with Gasteiger partial charge >= 0.3 is 0 Å². The van der Waals surface area contributed by atoms with Crippen molar-refractivity contribution in [2.45, 2.75) is 25.3 Å². The van der Waals surface area contributed by atoms with Crippen LogP contribution in [0.3, 0.4) is 0 Å². The zero-order valence-electron chi connectivity index (χ0n) is 7.62. The Balaban J connectivity index is 1.81. The fourth-order valence-electron chi connectivity index (χ4n) is 3.31. The molecule has 0 radical (unpaired) electrons. The summed E-state index contributed by atoms with van der Waals surface area (Å²) in [5, 5.41) is 3.44. The van der Waals surface area contributed by atoms with Gasteiger partial charge in [-0.1, -0.05) is 0 Å². The topological polar surface area (TPSA) is 46.2 Å². The molecule has 1 unspecified atom stereocenters. The Kier molecular flexibility index (Phi) is 1.45. The molecule has 0 aromatic carbocycles. The van der Waals surface area contributed by atoms with Crippen molar-refractivity contribution in [2.24, 2.45) is 11.3 Å². The van der Waals surface area contributed by atoms with Gasteiger partial charge in [-0.25, -0.2) is 8.42 Å². The first-order chi connectivity index (χ1) is 6.10. The quantitative estimate of drug-likeness (QED) is 0.658. The third-order valence-electron chi connectivity index (χ3n) is 4.15. The molecular formula is C9H15NO2S. The van der Waals surface area contributed by atoms with E-state index in [4.69, 9.17) is 0 Å². The summed E-state index contributed by atoms with van der Waals surface area (Å²) in [6.45, 7) is 1.07. The minimum atomic E-state index is -2.67. The Labute approximate surface area is 78.8 Å². The van der Waals surface area contributed by atoms with Gasteiger partial charge in [0.05, 0.1) is 11.5 Å². The highest BCUT2D eigenvalue weighted by atomic mass is 32.2. The summed E-state index contributed by atoms with van der Waals surface area (Å²) in [5.74, 6) is 1.36. The van der Waals surface area contributed by atoms with E-state index in [1.54, 1.807) is 0 Å². The summed E-state index contributed by atoms with van der Waals surface area (Å²) >= 11 is 0. The molecule has 1 N–H and O–H groups in total. The first-order valence-electron chi connectivity index (χ1n) is 5.04. The molecule has 0 spiro atoms. The summed E-state index contributed by atoms with van der Waals surface area (Å²) in [5.41, 5.74) is 0.383. The lowest BCUT2D eigenvalue weighted by Crippen LogP contribution is -2.40. The molecule has 1 atom stereocenters. The van der Waals surface area contributed by atoms with Crippen molar-refractivity contribution in [3.05, 3.63) is 0 Å². The highest BCUT2D eigenvalue weighted by molar-refractivity contribution is 7.91. The number of hydrogen-bond donors (Lipinski definition) is 1. The largest absolute Gasteiger partial charge is 0.313 e. The van der Waals surface area contributed by atoms with Crippen LogP contribution in [-0.2, 0) is 9.84 Å². The average Bonchev–Trinajstić information content (AvgIpc) is 2.57. The number of sulfone groups is 1. The number of fused-ring (bicyclic) bond motifs is 1. The van der Waals surface area contributed by atoms with E-state index in [-0.39, 0.29) is 0 Å². The lowest BCUT2D eigenvalue weighted by atomic mass is 9.62. The maximum atomic E-state index is 11.3. The van der Waals surface area contributed by atoms with Gasteiger partial charge in [0.15, 0.2) is 9.84 Å². The van der Waals surface area contributed by atoms with E-state index in [9.17, 15) is 8.42 Å². The minimum absolute atomic E-state index is 0.383. The van der Waals surface area contributed by atoms with Crippen LogP contribution in [0.4, 0.5) is 0 Å². The van der Waals surface area contributed by atoms with Gasteiger partial charge in [0, 0.05) is 12.6 Å². The zero-order chi connectivity index (χ0) is 9.10. The summed E-state index contributed by atoms with van der Waals surface area (Å²) in [4.78, 5) is 0. The molecule has 1 aliphatic carbocycles. The summed E-state index contributed by atoms with van der Waals surface area (Å²) in [7, 11) is -2.67. The van der Waals surface area contributed by atoms with Crippen LogP contribution in [0.15, 0.2) is 0 Å². The van der Waals surface area contributed by atoms with Crippen LogP contribution in [0, 0.1) is 11.3 Å². The van der Waals surface area contributed by atoms with Crippen molar-refractivity contribution in [3.63, 3.8) is 0 Å². The molecule has 2 bridgehead atoms. The Morgan fingerprint density at radius 1 is 1.31 bits per heavy atom. The molecule has 13 heavy (non-hydrogen) atoms. The molecule has 0 aromatic heterocycles. The highest BCUT2D eigenvalue weighted by Gasteiger charge is 2.56. The minimum Gasteiger partial charge on any atom is -0.313 e. The van der Waals surface area contributed by atoms with Crippen LogP contribution in [0.1, 0.15) is 19.3 Å². The third kappa shape index (κ3) is 1.08. The Bertz CT molecular complexity index is 324. The lowest BCUT2D eigenvalue weighted by molar-refractivity contribution is 0.117. The van der Waals surface area contributed by atoms with Crippen molar-refractivity contribution in [2.75, 3.05) is 18.1 Å². The van der Waals surface area contributed by atoms with E-state index < -0.39 is 9.84 Å². The Morgan fingerprint density at radius 3 is 2.54 bits per heavy atom. The van der Waals surface area contributed by atoms with Gasteiger partial charge in [-0.3, -0.25) is 0 Å². The van der Waals surface area contributed by atoms with Crippen molar-refractivity contribution >= 4 is 9.84 Å². The lowest BCUT2D eigenvalue weighted by Gasteiger charge is -2.41. The van der Waals surface area contributed by atoms with Crippen LogP contribution >= 0.6 is 0 Å². The Hall–Kier alpha value is -0.0900. The predicted molar refractivity (Wildman–Crippen MR) is 50.2 cm³/mol. The van der Waals surface area contributed by atoms with Crippen molar-refractivity contribution in [1.82, 2.24) is 5.32 Å². The van der Waals surface area contributed by atoms with E-state index in [1.165, 1.54) is 12.8 Å². The second-order valence-corrected chi connectivity index (χ2v) is 7.18. The van der Waals surface area contributed by atoms with Crippen molar-refractivity contribution in [1.29, 1.82) is 0 Å². The SMILES string of the molecule is O=S1(=O)CCC(C23CNC(C2)C3)C1. The number of rotatable bonds is 1. The molecular weight excluding hydrogens is 186 g/mol. The number of hydrogen-bond acceptors (Lipinski definition) is 3. The standard InChI is InChI=1S/C9H15NO2S/c11-13(12)2-1-7(5-13)9-3-8(4-9)10-6-9/h7-8,10H,1-6H2. The summed E-state index contributed by atoms with van der Waals surface area (Å²) in [6.07, 6.45) is 3.37. The second-order valence-electron chi connectivity index (χ2n) is 4.95.